The summed E-state index contributed by atoms with van der Waals surface area (Å²) < 4.78 is 10.4. The number of carboxylic acid groups (broad SMARTS) is 1. The van der Waals surface area contributed by atoms with E-state index in [-0.39, 0.29) is 12.5 Å². The van der Waals surface area contributed by atoms with Crippen LogP contribution in [0.1, 0.15) is 46.1 Å². The Morgan fingerprint density at radius 3 is 2.89 bits per heavy atom. The van der Waals surface area contributed by atoms with Crippen LogP contribution in [0.2, 0.25) is 0 Å². The molecule has 8 nitrogen and oxygen atoms in total. The number of nitrogens with zero attached hydrogens (tertiary/aromatic N) is 2. The zero-order valence-electron chi connectivity index (χ0n) is 15.3. The summed E-state index contributed by atoms with van der Waals surface area (Å²) in [4.78, 5) is 28.0. The van der Waals surface area contributed by atoms with Gasteiger partial charge in [0.2, 0.25) is 0 Å². The molecule has 0 aliphatic heterocycles. The normalized spacial score (nSPS) is 13.5. The third-order valence-electron chi connectivity index (χ3n) is 4.59. The van der Waals surface area contributed by atoms with Crippen molar-refractivity contribution in [2.75, 3.05) is 6.61 Å². The van der Waals surface area contributed by atoms with Gasteiger partial charge in [0.1, 0.15) is 5.75 Å². The summed E-state index contributed by atoms with van der Waals surface area (Å²) >= 11 is 0. The Hall–Kier alpha value is -3.42. The van der Waals surface area contributed by atoms with Gasteiger partial charge in [-0.05, 0) is 43.5 Å². The van der Waals surface area contributed by atoms with Gasteiger partial charge in [-0.15, -0.1) is 0 Å². The molecule has 144 valence electrons. The molecule has 0 bridgehead atoms. The van der Waals surface area contributed by atoms with Gasteiger partial charge in [0.25, 0.3) is 11.6 Å². The molecule has 0 spiro atoms. The van der Waals surface area contributed by atoms with Crippen molar-refractivity contribution in [3.05, 3.63) is 52.8 Å². The maximum absolute atomic E-state index is 12.9. The lowest BCUT2D eigenvalue weighted by atomic mass is 10.1. The molecular formula is C20H19N3O5. The molecule has 4 rings (SSSR count). The number of aliphatic carboxylic acids is 1. The fraction of sp³-hybridized carbons (Fsp3) is 0.300. The molecule has 1 aromatic carbocycles. The number of ether oxygens (including phenoxy) is 1. The Labute approximate surface area is 160 Å². The van der Waals surface area contributed by atoms with Crippen LogP contribution in [-0.4, -0.2) is 33.7 Å². The standard InChI is InChI=1S/C20H19N3O5/c1-11-18-15(8-16(13-5-6-13)22-20(18)28-23-11)19(26)21-9-12-3-2-4-14(7-12)27-10-17(24)25/h2-4,7-8,13H,5-6,9-10H2,1H3,(H,21,26)(H,24,25). The summed E-state index contributed by atoms with van der Waals surface area (Å²) in [6.45, 7) is 1.64. The molecule has 0 radical (unpaired) electrons. The van der Waals surface area contributed by atoms with E-state index in [0.29, 0.717) is 34.0 Å². The topological polar surface area (TPSA) is 115 Å². The van der Waals surface area contributed by atoms with Gasteiger partial charge in [-0.25, -0.2) is 9.78 Å². The van der Waals surface area contributed by atoms with Crippen molar-refractivity contribution in [1.82, 2.24) is 15.5 Å². The molecule has 1 saturated carbocycles. The van der Waals surface area contributed by atoms with Crippen LogP contribution in [0.3, 0.4) is 0 Å². The van der Waals surface area contributed by atoms with Crippen LogP contribution in [0.5, 0.6) is 5.75 Å². The number of aromatic nitrogens is 2. The van der Waals surface area contributed by atoms with Gasteiger partial charge < -0.3 is 19.7 Å². The lowest BCUT2D eigenvalue weighted by Gasteiger charge is -2.09. The van der Waals surface area contributed by atoms with Crippen molar-refractivity contribution in [2.24, 2.45) is 0 Å². The van der Waals surface area contributed by atoms with Gasteiger partial charge in [0, 0.05) is 18.2 Å². The number of fused-ring (bicyclic) bond motifs is 1. The highest BCUT2D eigenvalue weighted by Gasteiger charge is 2.28. The van der Waals surface area contributed by atoms with E-state index in [1.165, 1.54) is 0 Å². The highest BCUT2D eigenvalue weighted by Crippen LogP contribution is 2.40. The van der Waals surface area contributed by atoms with E-state index in [9.17, 15) is 9.59 Å². The number of carbonyl (C=O) groups excluding carboxylic acids is 1. The van der Waals surface area contributed by atoms with Crippen LogP contribution in [0.4, 0.5) is 0 Å². The van der Waals surface area contributed by atoms with Gasteiger partial charge >= 0.3 is 5.97 Å². The van der Waals surface area contributed by atoms with Crippen molar-refractivity contribution in [3.63, 3.8) is 0 Å². The largest absolute Gasteiger partial charge is 0.482 e. The van der Waals surface area contributed by atoms with Crippen molar-refractivity contribution in [3.8, 4) is 5.75 Å². The molecule has 1 amide bonds. The summed E-state index contributed by atoms with van der Waals surface area (Å²) in [5.41, 5.74) is 3.17. The first kappa shape index (κ1) is 18.0. The summed E-state index contributed by atoms with van der Waals surface area (Å²) in [7, 11) is 0. The van der Waals surface area contributed by atoms with Gasteiger partial charge in [0.15, 0.2) is 6.61 Å². The van der Waals surface area contributed by atoms with Crippen molar-refractivity contribution >= 4 is 23.0 Å². The highest BCUT2D eigenvalue weighted by molar-refractivity contribution is 6.06. The van der Waals surface area contributed by atoms with E-state index >= 15 is 0 Å². The summed E-state index contributed by atoms with van der Waals surface area (Å²) in [5, 5.41) is 16.2. The minimum Gasteiger partial charge on any atom is -0.482 e. The number of carbonyl (C=O) groups is 2. The van der Waals surface area contributed by atoms with Crippen LogP contribution >= 0.6 is 0 Å². The summed E-state index contributed by atoms with van der Waals surface area (Å²) in [6.07, 6.45) is 2.13. The van der Waals surface area contributed by atoms with E-state index in [2.05, 4.69) is 15.5 Å². The van der Waals surface area contributed by atoms with E-state index in [1.54, 1.807) is 25.1 Å². The Morgan fingerprint density at radius 2 is 2.14 bits per heavy atom. The lowest BCUT2D eigenvalue weighted by Crippen LogP contribution is -2.23. The average Bonchev–Trinajstić information content (AvgIpc) is 3.48. The Bertz CT molecular complexity index is 1060. The van der Waals surface area contributed by atoms with Crippen LogP contribution in [0, 0.1) is 6.92 Å². The lowest BCUT2D eigenvalue weighted by molar-refractivity contribution is -0.139. The molecule has 1 fully saturated rings. The number of carboxylic acids is 1. The molecule has 1 aliphatic carbocycles. The van der Waals surface area contributed by atoms with Crippen LogP contribution in [0.15, 0.2) is 34.9 Å². The fourth-order valence-corrected chi connectivity index (χ4v) is 3.05. The molecule has 3 aromatic rings. The molecule has 8 heteroatoms. The second kappa shape index (κ2) is 7.30. The number of hydrogen-bond donors (Lipinski definition) is 2. The maximum atomic E-state index is 12.9. The van der Waals surface area contributed by atoms with Crippen molar-refractivity contribution in [1.29, 1.82) is 0 Å². The highest BCUT2D eigenvalue weighted by atomic mass is 16.5. The number of benzene rings is 1. The number of hydrogen-bond acceptors (Lipinski definition) is 6. The monoisotopic (exact) mass is 381 g/mol. The molecule has 2 heterocycles. The number of rotatable bonds is 7. The molecule has 0 saturated heterocycles. The molecule has 1 aliphatic rings. The van der Waals surface area contributed by atoms with Crippen molar-refractivity contribution in [2.45, 2.75) is 32.2 Å². The van der Waals surface area contributed by atoms with Gasteiger partial charge in [-0.2, -0.15) is 0 Å². The average molecular weight is 381 g/mol. The second-order valence-corrected chi connectivity index (χ2v) is 6.83. The van der Waals surface area contributed by atoms with Gasteiger partial charge in [-0.1, -0.05) is 17.3 Å². The predicted octanol–water partition coefficient (Wildman–Crippen LogP) is 2.80. The third kappa shape index (κ3) is 3.80. The Morgan fingerprint density at radius 1 is 1.32 bits per heavy atom. The van der Waals surface area contributed by atoms with Crippen LogP contribution in [-0.2, 0) is 11.3 Å². The quantitative estimate of drug-likeness (QED) is 0.647. The second-order valence-electron chi connectivity index (χ2n) is 6.83. The smallest absolute Gasteiger partial charge is 0.341 e. The van der Waals surface area contributed by atoms with E-state index < -0.39 is 12.6 Å². The van der Waals surface area contributed by atoms with Crippen LogP contribution in [0.25, 0.3) is 11.1 Å². The SMILES string of the molecule is Cc1noc2nc(C3CC3)cc(C(=O)NCc3cccc(OCC(=O)O)c3)c12. The van der Waals surface area contributed by atoms with Gasteiger partial charge in [0.05, 0.1) is 16.6 Å². The van der Waals surface area contributed by atoms with Crippen molar-refractivity contribution < 1.29 is 24.0 Å². The molecule has 0 unspecified atom stereocenters. The predicted molar refractivity (Wildman–Crippen MR) is 99.3 cm³/mol. The van der Waals surface area contributed by atoms with E-state index in [1.807, 2.05) is 12.1 Å². The summed E-state index contributed by atoms with van der Waals surface area (Å²) in [5.74, 6) is -0.468. The number of aryl methyl sites for hydroxylation is 1. The van der Waals surface area contributed by atoms with Crippen LogP contribution < -0.4 is 10.1 Å². The zero-order chi connectivity index (χ0) is 19.7. The third-order valence-corrected chi connectivity index (χ3v) is 4.59. The van der Waals surface area contributed by atoms with E-state index in [0.717, 1.165) is 24.1 Å². The fourth-order valence-electron chi connectivity index (χ4n) is 3.05. The Kier molecular flexibility index (Phi) is 4.68. The minimum atomic E-state index is -1.05. The number of nitrogens with one attached hydrogen (secondary N) is 1. The molecular weight excluding hydrogens is 362 g/mol. The zero-order valence-corrected chi connectivity index (χ0v) is 15.3. The van der Waals surface area contributed by atoms with E-state index in [4.69, 9.17) is 14.4 Å². The molecule has 2 aromatic heterocycles. The number of amides is 1. The first-order chi connectivity index (χ1) is 13.5. The summed E-state index contributed by atoms with van der Waals surface area (Å²) in [6, 6.07) is 8.77. The molecule has 2 N–H and O–H groups in total. The minimum absolute atomic E-state index is 0.238. The first-order valence-electron chi connectivity index (χ1n) is 9.00. The maximum Gasteiger partial charge on any atom is 0.341 e. The first-order valence-corrected chi connectivity index (χ1v) is 9.00. The molecule has 28 heavy (non-hydrogen) atoms. The Balaban J connectivity index is 1.52. The van der Waals surface area contributed by atoms with Gasteiger partial charge in [-0.3, -0.25) is 4.79 Å². The molecule has 0 atom stereocenters. The number of pyridine rings is 1.